The minimum Gasteiger partial charge on any atom is -0.488 e. The van der Waals surface area contributed by atoms with Crippen LogP contribution in [0.25, 0.3) is 5.70 Å². The molecule has 0 atom stereocenters. The third-order valence-corrected chi connectivity index (χ3v) is 4.17. The van der Waals surface area contributed by atoms with Crippen molar-refractivity contribution < 1.29 is 13.5 Å². The highest BCUT2D eigenvalue weighted by molar-refractivity contribution is 5.97. The second kappa shape index (κ2) is 7.41. The third kappa shape index (κ3) is 3.87. The van der Waals surface area contributed by atoms with Crippen molar-refractivity contribution in [1.82, 2.24) is 0 Å². The zero-order chi connectivity index (χ0) is 18.6. The van der Waals surface area contributed by atoms with Gasteiger partial charge in [-0.25, -0.2) is 8.78 Å². The number of rotatable bonds is 4. The number of aliphatic imine (C=N–C) groups is 1. The van der Waals surface area contributed by atoms with Crippen molar-refractivity contribution in [1.29, 1.82) is 0 Å². The lowest BCUT2D eigenvalue weighted by molar-refractivity contribution is 0.352. The molecule has 4 rings (SSSR count). The predicted molar refractivity (Wildman–Crippen MR) is 103 cm³/mol. The summed E-state index contributed by atoms with van der Waals surface area (Å²) in [5.41, 5.74) is 3.98. The lowest BCUT2D eigenvalue weighted by Crippen LogP contribution is -2.16. The van der Waals surface area contributed by atoms with Crippen LogP contribution in [0, 0.1) is 11.6 Å². The maximum Gasteiger partial charge on any atom is 0.129 e. The molecular weight excluding hydrogens is 346 g/mol. The van der Waals surface area contributed by atoms with Crippen molar-refractivity contribution in [3.8, 4) is 5.75 Å². The second-order valence-electron chi connectivity index (χ2n) is 6.05. The lowest BCUT2D eigenvalue weighted by atomic mass is 10.0. The molecule has 0 saturated carbocycles. The molecule has 1 N–H and O–H groups in total. The zero-order valence-electron chi connectivity index (χ0n) is 14.3. The smallest absolute Gasteiger partial charge is 0.129 e. The Labute approximate surface area is 155 Å². The second-order valence-corrected chi connectivity index (χ2v) is 6.05. The summed E-state index contributed by atoms with van der Waals surface area (Å²) in [5, 5.41) is 3.34. The van der Waals surface area contributed by atoms with E-state index in [0.717, 1.165) is 28.3 Å². The van der Waals surface area contributed by atoms with Crippen molar-refractivity contribution in [3.63, 3.8) is 0 Å². The summed E-state index contributed by atoms with van der Waals surface area (Å²) in [6, 6.07) is 19.8. The molecule has 0 bridgehead atoms. The summed E-state index contributed by atoms with van der Waals surface area (Å²) in [6.07, 6.45) is 1.70. The average Bonchev–Trinajstić information content (AvgIpc) is 2.70. The maximum atomic E-state index is 13.2. The molecule has 134 valence electrons. The summed E-state index contributed by atoms with van der Waals surface area (Å²) < 4.78 is 32.1. The molecule has 3 nitrogen and oxygen atoms in total. The van der Waals surface area contributed by atoms with E-state index in [9.17, 15) is 8.78 Å². The normalized spacial score (nSPS) is 13.4. The van der Waals surface area contributed by atoms with Gasteiger partial charge < -0.3 is 10.1 Å². The number of para-hydroxylation sites is 1. The van der Waals surface area contributed by atoms with Crippen LogP contribution in [0.4, 0.5) is 20.2 Å². The molecule has 0 radical (unpaired) electrons. The van der Waals surface area contributed by atoms with Gasteiger partial charge in [0.25, 0.3) is 0 Å². The maximum absolute atomic E-state index is 13.2. The number of hydrogen-bond donors (Lipinski definition) is 1. The van der Waals surface area contributed by atoms with Gasteiger partial charge in [-0.2, -0.15) is 0 Å². The van der Waals surface area contributed by atoms with Crippen molar-refractivity contribution in [2.24, 2.45) is 4.99 Å². The van der Waals surface area contributed by atoms with Crippen molar-refractivity contribution in [3.05, 3.63) is 95.6 Å². The highest BCUT2D eigenvalue weighted by atomic mass is 19.1. The largest absolute Gasteiger partial charge is 0.488 e. The first-order valence-corrected chi connectivity index (χ1v) is 8.46. The van der Waals surface area contributed by atoms with Crippen LogP contribution in [0.1, 0.15) is 5.56 Å². The monoisotopic (exact) mass is 362 g/mol. The third-order valence-electron chi connectivity index (χ3n) is 4.17. The minimum absolute atomic E-state index is 0.292. The number of anilines is 1. The molecule has 0 aromatic heterocycles. The van der Waals surface area contributed by atoms with E-state index in [1.165, 1.54) is 24.3 Å². The quantitative estimate of drug-likeness (QED) is 0.615. The lowest BCUT2D eigenvalue weighted by Gasteiger charge is -2.23. The number of ether oxygens (including phenoxy) is 1. The van der Waals surface area contributed by atoms with Crippen LogP contribution in [0.5, 0.6) is 5.75 Å². The Morgan fingerprint density at radius 3 is 2.26 bits per heavy atom. The fourth-order valence-corrected chi connectivity index (χ4v) is 2.81. The number of nitrogens with zero attached hydrogens (tertiary/aromatic N) is 1. The van der Waals surface area contributed by atoms with Crippen LogP contribution < -0.4 is 10.1 Å². The van der Waals surface area contributed by atoms with Gasteiger partial charge in [0.05, 0.1) is 11.4 Å². The number of fused-ring (bicyclic) bond motifs is 1. The molecule has 1 aliphatic heterocycles. The van der Waals surface area contributed by atoms with Gasteiger partial charge in [0.15, 0.2) is 0 Å². The van der Waals surface area contributed by atoms with E-state index in [1.54, 1.807) is 30.5 Å². The van der Waals surface area contributed by atoms with E-state index in [0.29, 0.717) is 12.3 Å². The predicted octanol–water partition coefficient (Wildman–Crippen LogP) is 5.58. The standard InChI is InChI=1S/C22H16F2N2O/c23-16-5-9-18(10-6-16)25-13-15-14-27-21-4-2-1-3-20(21)22(15)26-19-11-7-17(24)8-12-19/h1-13,26H,14H2. The van der Waals surface area contributed by atoms with E-state index in [2.05, 4.69) is 10.3 Å². The summed E-state index contributed by atoms with van der Waals surface area (Å²) in [6.45, 7) is 0.339. The van der Waals surface area contributed by atoms with E-state index >= 15 is 0 Å². The zero-order valence-corrected chi connectivity index (χ0v) is 14.3. The van der Waals surface area contributed by atoms with E-state index in [1.807, 2.05) is 24.3 Å². The molecular formula is C22H16F2N2O. The number of benzene rings is 3. The molecule has 0 unspecified atom stereocenters. The molecule has 3 aromatic carbocycles. The van der Waals surface area contributed by atoms with Gasteiger partial charge in [-0.3, -0.25) is 4.99 Å². The van der Waals surface area contributed by atoms with Gasteiger partial charge >= 0.3 is 0 Å². The van der Waals surface area contributed by atoms with Crippen LogP contribution in [-0.4, -0.2) is 12.8 Å². The highest BCUT2D eigenvalue weighted by Gasteiger charge is 2.19. The van der Waals surface area contributed by atoms with Crippen LogP contribution in [-0.2, 0) is 0 Å². The molecule has 1 heterocycles. The molecule has 3 aromatic rings. The van der Waals surface area contributed by atoms with E-state index in [4.69, 9.17) is 4.74 Å². The first-order chi connectivity index (χ1) is 13.2. The molecule has 0 saturated heterocycles. The molecule has 1 aliphatic rings. The summed E-state index contributed by atoms with van der Waals surface area (Å²) >= 11 is 0. The highest BCUT2D eigenvalue weighted by Crippen LogP contribution is 2.33. The first-order valence-electron chi connectivity index (χ1n) is 8.46. The van der Waals surface area contributed by atoms with Gasteiger partial charge in [0, 0.05) is 23.0 Å². The summed E-state index contributed by atoms with van der Waals surface area (Å²) in [5.74, 6) is 0.169. The number of halogens is 2. The van der Waals surface area contributed by atoms with Crippen LogP contribution >= 0.6 is 0 Å². The van der Waals surface area contributed by atoms with Crippen LogP contribution in [0.2, 0.25) is 0 Å². The Hall–Kier alpha value is -3.47. The van der Waals surface area contributed by atoms with Gasteiger partial charge in [0.1, 0.15) is 24.0 Å². The molecule has 0 spiro atoms. The summed E-state index contributed by atoms with van der Waals surface area (Å²) in [7, 11) is 0. The fraction of sp³-hybridized carbons (Fsp3) is 0.0455. The Kier molecular flexibility index (Phi) is 4.66. The number of nitrogens with one attached hydrogen (secondary N) is 1. The SMILES string of the molecule is Fc1ccc(N=CC2=C(Nc3ccc(F)cc3)c3ccccc3OC2)cc1. The van der Waals surface area contributed by atoms with Crippen molar-refractivity contribution in [2.45, 2.75) is 0 Å². The van der Waals surface area contributed by atoms with Gasteiger partial charge in [0.2, 0.25) is 0 Å². The van der Waals surface area contributed by atoms with Gasteiger partial charge in [-0.15, -0.1) is 0 Å². The Morgan fingerprint density at radius 1 is 0.852 bits per heavy atom. The topological polar surface area (TPSA) is 33.6 Å². The number of hydrogen-bond acceptors (Lipinski definition) is 3. The minimum atomic E-state index is -0.304. The van der Waals surface area contributed by atoms with Crippen LogP contribution in [0.3, 0.4) is 0 Å². The molecule has 0 aliphatic carbocycles. The van der Waals surface area contributed by atoms with E-state index < -0.39 is 0 Å². The Balaban J connectivity index is 1.72. The van der Waals surface area contributed by atoms with Crippen molar-refractivity contribution >= 4 is 23.3 Å². The molecule has 0 fully saturated rings. The Bertz CT molecular complexity index is 1010. The van der Waals surface area contributed by atoms with Crippen molar-refractivity contribution in [2.75, 3.05) is 11.9 Å². The molecule has 27 heavy (non-hydrogen) atoms. The van der Waals surface area contributed by atoms with Crippen LogP contribution in [0.15, 0.2) is 83.4 Å². The molecule has 5 heteroatoms. The van der Waals surface area contributed by atoms with Gasteiger partial charge in [-0.05, 0) is 60.7 Å². The van der Waals surface area contributed by atoms with E-state index in [-0.39, 0.29) is 11.6 Å². The first kappa shape index (κ1) is 17.0. The average molecular weight is 362 g/mol. The van der Waals surface area contributed by atoms with Gasteiger partial charge in [-0.1, -0.05) is 12.1 Å². The Morgan fingerprint density at radius 2 is 1.52 bits per heavy atom. The molecule has 0 amide bonds. The summed E-state index contributed by atoms with van der Waals surface area (Å²) in [4.78, 5) is 4.42. The fourth-order valence-electron chi connectivity index (χ4n) is 2.81.